The Hall–Kier alpha value is -1.26. The van der Waals surface area contributed by atoms with Gasteiger partial charge in [0, 0.05) is 47.3 Å². The van der Waals surface area contributed by atoms with Crippen molar-refractivity contribution in [3.8, 4) is 0 Å². The zero-order valence-corrected chi connectivity index (χ0v) is 31.6. The summed E-state index contributed by atoms with van der Waals surface area (Å²) >= 11 is 6.80. The highest BCUT2D eigenvalue weighted by molar-refractivity contribution is 6.28. The maximum atomic E-state index is 6.80. The van der Waals surface area contributed by atoms with E-state index >= 15 is 0 Å². The summed E-state index contributed by atoms with van der Waals surface area (Å²) in [5.74, 6) is 1.39. The van der Waals surface area contributed by atoms with Gasteiger partial charge in [-0.15, -0.1) is 0 Å². The molecule has 0 N–H and O–H groups in total. The average Bonchev–Trinajstić information content (AvgIpc) is 2.91. The summed E-state index contributed by atoms with van der Waals surface area (Å²) in [6.07, 6.45) is 10.1. The van der Waals surface area contributed by atoms with Crippen molar-refractivity contribution in [3.63, 3.8) is 0 Å². The standard InChI is InChI=1S/C35H66ClN7O2/c1-13-17-19-40(27-23-32(5,6)42(44-21-15-3)33(7,8)24-27)30-37-29(36)38-31(39-30)41(20-18-14-2)28-25-34(9,10)43(45-22-16-4)35(11,12)26-28/h27-28H,13-26H2,1-12H3. The van der Waals surface area contributed by atoms with Gasteiger partial charge in [0.05, 0.1) is 13.2 Å². The molecule has 0 unspecified atom stereocenters. The third-order valence-electron chi connectivity index (χ3n) is 9.47. The van der Waals surface area contributed by atoms with Crippen LogP contribution in [0.15, 0.2) is 0 Å². The topological polar surface area (TPSA) is 70.1 Å². The SMILES string of the molecule is CCCCN(c1nc(Cl)nc(N(CCCC)C2CC(C)(C)N(OCCC)C(C)(C)C2)n1)C1CC(C)(C)N(OCCC)C(C)(C)C1. The second-order valence-electron chi connectivity index (χ2n) is 15.9. The van der Waals surface area contributed by atoms with Crippen LogP contribution in [0.5, 0.6) is 0 Å². The molecule has 1 aromatic heterocycles. The smallest absolute Gasteiger partial charge is 0.231 e. The Balaban J connectivity index is 2.01. The fourth-order valence-corrected chi connectivity index (χ4v) is 8.21. The molecule has 0 aromatic carbocycles. The van der Waals surface area contributed by atoms with Gasteiger partial charge >= 0.3 is 0 Å². The van der Waals surface area contributed by atoms with Crippen molar-refractivity contribution < 1.29 is 9.68 Å². The lowest BCUT2D eigenvalue weighted by Crippen LogP contribution is -2.64. The van der Waals surface area contributed by atoms with Crippen LogP contribution in [0.25, 0.3) is 0 Å². The third kappa shape index (κ3) is 9.43. The van der Waals surface area contributed by atoms with E-state index < -0.39 is 0 Å². The number of rotatable bonds is 16. The predicted octanol–water partition coefficient (Wildman–Crippen LogP) is 8.46. The van der Waals surface area contributed by atoms with E-state index in [0.29, 0.717) is 11.9 Å². The van der Waals surface area contributed by atoms with Crippen molar-refractivity contribution in [2.24, 2.45) is 0 Å². The highest BCUT2D eigenvalue weighted by Gasteiger charge is 2.50. The summed E-state index contributed by atoms with van der Waals surface area (Å²) in [6, 6.07) is 0.491. The number of hydroxylamine groups is 4. The van der Waals surface area contributed by atoms with E-state index in [2.05, 4.69) is 103 Å². The molecule has 45 heavy (non-hydrogen) atoms. The molecule has 2 aliphatic heterocycles. The summed E-state index contributed by atoms with van der Waals surface area (Å²) in [5, 5.41) is 4.76. The lowest BCUT2D eigenvalue weighted by molar-refractivity contribution is -0.282. The van der Waals surface area contributed by atoms with Crippen molar-refractivity contribution in [2.45, 2.75) is 182 Å². The van der Waals surface area contributed by atoms with E-state index in [-0.39, 0.29) is 39.5 Å². The maximum Gasteiger partial charge on any atom is 0.231 e. The molecular formula is C35H66ClN7O2. The minimum Gasteiger partial charge on any atom is -0.338 e. The molecule has 0 radical (unpaired) electrons. The highest BCUT2D eigenvalue weighted by Crippen LogP contribution is 2.43. The first-order chi connectivity index (χ1) is 21.0. The number of halogens is 1. The van der Waals surface area contributed by atoms with Crippen molar-refractivity contribution in [1.29, 1.82) is 0 Å². The molecule has 0 amide bonds. The summed E-state index contributed by atoms with van der Waals surface area (Å²) in [4.78, 5) is 32.4. The molecule has 0 aliphatic carbocycles. The molecule has 260 valence electrons. The van der Waals surface area contributed by atoms with E-state index in [0.717, 1.165) is 90.5 Å². The van der Waals surface area contributed by atoms with Crippen molar-refractivity contribution in [3.05, 3.63) is 5.28 Å². The monoisotopic (exact) mass is 651 g/mol. The lowest BCUT2D eigenvalue weighted by Gasteiger charge is -2.56. The molecule has 0 atom stereocenters. The number of nitrogens with zero attached hydrogens (tertiary/aromatic N) is 7. The fraction of sp³-hybridized carbons (Fsp3) is 0.914. The van der Waals surface area contributed by atoms with Gasteiger partial charge in [-0.2, -0.15) is 25.1 Å². The number of hydrogen-bond acceptors (Lipinski definition) is 9. The molecule has 3 heterocycles. The Bertz CT molecular complexity index is 952. The summed E-state index contributed by atoms with van der Waals surface area (Å²) < 4.78 is 0. The van der Waals surface area contributed by atoms with Gasteiger partial charge in [0.2, 0.25) is 17.2 Å². The molecule has 0 bridgehead atoms. The van der Waals surface area contributed by atoms with Gasteiger partial charge in [-0.3, -0.25) is 9.68 Å². The van der Waals surface area contributed by atoms with Crippen LogP contribution in [-0.4, -0.2) is 85.6 Å². The van der Waals surface area contributed by atoms with E-state index in [1.54, 1.807) is 0 Å². The first-order valence-electron chi connectivity index (χ1n) is 17.8. The predicted molar refractivity (Wildman–Crippen MR) is 188 cm³/mol. The minimum atomic E-state index is -0.149. The van der Waals surface area contributed by atoms with E-state index in [4.69, 9.17) is 36.2 Å². The van der Waals surface area contributed by atoms with Crippen LogP contribution < -0.4 is 9.80 Å². The molecule has 0 spiro atoms. The Labute approximate surface area is 280 Å². The van der Waals surface area contributed by atoms with Gasteiger partial charge in [-0.05, 0) is 118 Å². The fourth-order valence-electron chi connectivity index (χ4n) is 8.06. The molecule has 1 aromatic rings. The van der Waals surface area contributed by atoms with Gasteiger partial charge in [-0.25, -0.2) is 0 Å². The minimum absolute atomic E-state index is 0.149. The molecule has 0 saturated carbocycles. The van der Waals surface area contributed by atoms with Crippen LogP contribution in [-0.2, 0) is 9.68 Å². The molecule has 2 aliphatic rings. The van der Waals surface area contributed by atoms with Crippen LogP contribution in [0.2, 0.25) is 5.28 Å². The molecule has 2 fully saturated rings. The second kappa shape index (κ2) is 15.8. The van der Waals surface area contributed by atoms with Crippen LogP contribution in [0, 0.1) is 0 Å². The molecular weight excluding hydrogens is 586 g/mol. The second-order valence-corrected chi connectivity index (χ2v) is 16.3. The first kappa shape index (κ1) is 38.2. The van der Waals surface area contributed by atoms with E-state index in [1.807, 2.05) is 0 Å². The van der Waals surface area contributed by atoms with Gasteiger partial charge in [0.15, 0.2) is 0 Å². The van der Waals surface area contributed by atoms with Gasteiger partial charge in [0.1, 0.15) is 0 Å². The van der Waals surface area contributed by atoms with Crippen molar-refractivity contribution in [2.75, 3.05) is 36.1 Å². The van der Waals surface area contributed by atoms with E-state index in [1.165, 1.54) is 0 Å². The molecule has 2 saturated heterocycles. The lowest BCUT2D eigenvalue weighted by atomic mass is 9.78. The van der Waals surface area contributed by atoms with Crippen LogP contribution >= 0.6 is 11.6 Å². The Morgan fingerprint density at radius 2 is 0.933 bits per heavy atom. The average molecular weight is 652 g/mol. The number of piperidine rings is 2. The normalized spacial score (nSPS) is 22.1. The van der Waals surface area contributed by atoms with Gasteiger partial charge in [-0.1, -0.05) is 40.5 Å². The van der Waals surface area contributed by atoms with Crippen molar-refractivity contribution in [1.82, 2.24) is 25.1 Å². The maximum absolute atomic E-state index is 6.80. The number of unbranched alkanes of at least 4 members (excludes halogenated alkanes) is 2. The molecule has 9 nitrogen and oxygen atoms in total. The Morgan fingerprint density at radius 1 is 0.600 bits per heavy atom. The molecule has 3 rings (SSSR count). The third-order valence-corrected chi connectivity index (χ3v) is 9.64. The Kier molecular flexibility index (Phi) is 13.4. The first-order valence-corrected chi connectivity index (χ1v) is 18.2. The van der Waals surface area contributed by atoms with Crippen LogP contribution in [0.1, 0.15) is 147 Å². The number of aromatic nitrogens is 3. The van der Waals surface area contributed by atoms with Crippen LogP contribution in [0.4, 0.5) is 11.9 Å². The summed E-state index contributed by atoms with van der Waals surface area (Å²) in [6.45, 7) is 30.4. The summed E-state index contributed by atoms with van der Waals surface area (Å²) in [5.41, 5.74) is -0.596. The van der Waals surface area contributed by atoms with Gasteiger partial charge < -0.3 is 9.80 Å². The highest BCUT2D eigenvalue weighted by atomic mass is 35.5. The molecule has 10 heteroatoms. The zero-order chi connectivity index (χ0) is 33.6. The van der Waals surface area contributed by atoms with Crippen molar-refractivity contribution >= 4 is 23.5 Å². The summed E-state index contributed by atoms with van der Waals surface area (Å²) in [7, 11) is 0. The Morgan fingerprint density at radius 3 is 1.22 bits per heavy atom. The van der Waals surface area contributed by atoms with Gasteiger partial charge in [0.25, 0.3) is 0 Å². The quantitative estimate of drug-likeness (QED) is 0.175. The number of hydrogen-bond donors (Lipinski definition) is 0. The van der Waals surface area contributed by atoms with E-state index in [9.17, 15) is 0 Å². The zero-order valence-electron chi connectivity index (χ0n) is 30.9. The van der Waals surface area contributed by atoms with Crippen LogP contribution in [0.3, 0.4) is 0 Å². The largest absolute Gasteiger partial charge is 0.338 e. The number of anilines is 2.